The number of ether oxygens (including phenoxy) is 3. The second-order valence-corrected chi connectivity index (χ2v) is 2.13. The fourth-order valence-electron chi connectivity index (χ4n) is 0.615. The van der Waals surface area contributed by atoms with Crippen LogP contribution in [0.3, 0.4) is 0 Å². The van der Waals surface area contributed by atoms with E-state index in [1.54, 1.807) is 14.2 Å². The average Bonchev–Trinajstić information content (AvgIpc) is 1.89. The van der Waals surface area contributed by atoms with Gasteiger partial charge in [0.25, 0.3) is 0 Å². The van der Waals surface area contributed by atoms with Crippen LogP contribution in [0.4, 0.5) is 0 Å². The van der Waals surface area contributed by atoms with Crippen molar-refractivity contribution in [2.24, 2.45) is 0 Å². The molecule has 62 valence electrons. The molecule has 0 rings (SSSR count). The van der Waals surface area contributed by atoms with Gasteiger partial charge in [0.05, 0.1) is 25.9 Å². The zero-order chi connectivity index (χ0) is 7.82. The van der Waals surface area contributed by atoms with E-state index in [1.165, 1.54) is 0 Å². The highest BCUT2D eigenvalue weighted by atomic mass is 16.5. The Morgan fingerprint density at radius 2 is 1.80 bits per heavy atom. The van der Waals surface area contributed by atoms with E-state index in [9.17, 15) is 0 Å². The molecular formula is C7H16O3. The Kier molecular flexibility index (Phi) is 6.91. The summed E-state index contributed by atoms with van der Waals surface area (Å²) in [6.45, 7) is 3.90. The number of hydrogen-bond donors (Lipinski definition) is 0. The number of hydrogen-bond acceptors (Lipinski definition) is 3. The molecule has 0 spiro atoms. The maximum absolute atomic E-state index is 5.27. The van der Waals surface area contributed by atoms with Crippen molar-refractivity contribution in [1.82, 2.24) is 0 Å². The van der Waals surface area contributed by atoms with Gasteiger partial charge in [-0.05, 0) is 6.92 Å². The molecule has 0 radical (unpaired) electrons. The van der Waals surface area contributed by atoms with E-state index in [2.05, 4.69) is 0 Å². The molecule has 0 amide bonds. The summed E-state index contributed by atoms with van der Waals surface area (Å²) in [5.41, 5.74) is 0. The predicted octanol–water partition coefficient (Wildman–Crippen LogP) is 0.684. The van der Waals surface area contributed by atoms with E-state index in [0.29, 0.717) is 19.8 Å². The molecule has 0 saturated carbocycles. The fourth-order valence-corrected chi connectivity index (χ4v) is 0.615. The third-order valence-electron chi connectivity index (χ3n) is 1.09. The van der Waals surface area contributed by atoms with E-state index in [-0.39, 0.29) is 6.10 Å². The Hall–Kier alpha value is -0.120. The molecule has 10 heavy (non-hydrogen) atoms. The summed E-state index contributed by atoms with van der Waals surface area (Å²) >= 11 is 0. The van der Waals surface area contributed by atoms with Crippen molar-refractivity contribution in [3.8, 4) is 0 Å². The quantitative estimate of drug-likeness (QED) is 0.518. The van der Waals surface area contributed by atoms with Crippen LogP contribution in [-0.2, 0) is 14.2 Å². The zero-order valence-corrected chi connectivity index (χ0v) is 6.92. The van der Waals surface area contributed by atoms with Gasteiger partial charge in [0, 0.05) is 14.2 Å². The van der Waals surface area contributed by atoms with Crippen molar-refractivity contribution >= 4 is 0 Å². The predicted molar refractivity (Wildman–Crippen MR) is 39.2 cm³/mol. The maximum atomic E-state index is 5.27. The van der Waals surface area contributed by atoms with Gasteiger partial charge in [0.2, 0.25) is 0 Å². The molecular weight excluding hydrogens is 132 g/mol. The van der Waals surface area contributed by atoms with Crippen LogP contribution >= 0.6 is 0 Å². The highest BCUT2D eigenvalue weighted by Crippen LogP contribution is 1.89. The lowest BCUT2D eigenvalue weighted by molar-refractivity contribution is -0.0120. The molecule has 0 bridgehead atoms. The minimum atomic E-state index is 0.167. The summed E-state index contributed by atoms with van der Waals surface area (Å²) < 4.78 is 14.9. The molecule has 0 N–H and O–H groups in total. The summed E-state index contributed by atoms with van der Waals surface area (Å²) in [5, 5.41) is 0. The molecule has 0 fully saturated rings. The molecule has 1 atom stereocenters. The van der Waals surface area contributed by atoms with Crippen molar-refractivity contribution in [3.63, 3.8) is 0 Å². The highest BCUT2D eigenvalue weighted by molar-refractivity contribution is 4.44. The van der Waals surface area contributed by atoms with Crippen LogP contribution in [-0.4, -0.2) is 40.1 Å². The van der Waals surface area contributed by atoms with Crippen LogP contribution in [0.1, 0.15) is 6.92 Å². The lowest BCUT2D eigenvalue weighted by Crippen LogP contribution is -2.17. The van der Waals surface area contributed by atoms with Gasteiger partial charge in [-0.15, -0.1) is 0 Å². The van der Waals surface area contributed by atoms with Gasteiger partial charge in [-0.1, -0.05) is 0 Å². The molecule has 0 unspecified atom stereocenters. The standard InChI is InChI=1S/C7H16O3/c1-7(6-9-3)10-5-4-8-2/h7H,4-6H2,1-3H3/t7-/m0/s1. The van der Waals surface area contributed by atoms with Crippen molar-refractivity contribution < 1.29 is 14.2 Å². The monoisotopic (exact) mass is 148 g/mol. The van der Waals surface area contributed by atoms with Crippen molar-refractivity contribution in [3.05, 3.63) is 0 Å². The van der Waals surface area contributed by atoms with Gasteiger partial charge in [0.15, 0.2) is 0 Å². The van der Waals surface area contributed by atoms with Crippen molar-refractivity contribution in [2.75, 3.05) is 34.0 Å². The van der Waals surface area contributed by atoms with E-state index in [1.807, 2.05) is 6.92 Å². The van der Waals surface area contributed by atoms with E-state index in [4.69, 9.17) is 14.2 Å². The summed E-state index contributed by atoms with van der Waals surface area (Å²) in [6.07, 6.45) is 0.167. The first-order chi connectivity index (χ1) is 4.81. The van der Waals surface area contributed by atoms with E-state index in [0.717, 1.165) is 0 Å². The smallest absolute Gasteiger partial charge is 0.0781 e. The third-order valence-corrected chi connectivity index (χ3v) is 1.09. The van der Waals surface area contributed by atoms with Crippen molar-refractivity contribution in [1.29, 1.82) is 0 Å². The van der Waals surface area contributed by atoms with Gasteiger partial charge < -0.3 is 14.2 Å². The molecule has 0 aliphatic carbocycles. The summed E-state index contributed by atoms with van der Waals surface area (Å²) in [5.74, 6) is 0. The lowest BCUT2D eigenvalue weighted by Gasteiger charge is -2.10. The van der Waals surface area contributed by atoms with Gasteiger partial charge in [-0.25, -0.2) is 0 Å². The molecule has 0 aromatic rings. The van der Waals surface area contributed by atoms with Crippen LogP contribution < -0.4 is 0 Å². The van der Waals surface area contributed by atoms with Gasteiger partial charge >= 0.3 is 0 Å². The minimum Gasteiger partial charge on any atom is -0.382 e. The van der Waals surface area contributed by atoms with Gasteiger partial charge in [-0.3, -0.25) is 0 Å². The molecule has 0 saturated heterocycles. The normalized spacial score (nSPS) is 13.5. The van der Waals surface area contributed by atoms with Crippen LogP contribution in [0.25, 0.3) is 0 Å². The Bertz CT molecular complexity index is 65.9. The summed E-state index contributed by atoms with van der Waals surface area (Å²) in [7, 11) is 3.32. The van der Waals surface area contributed by atoms with E-state index < -0.39 is 0 Å². The average molecular weight is 148 g/mol. The first-order valence-corrected chi connectivity index (χ1v) is 3.40. The Balaban J connectivity index is 2.97. The Morgan fingerprint density at radius 3 is 2.30 bits per heavy atom. The zero-order valence-electron chi connectivity index (χ0n) is 6.92. The second-order valence-electron chi connectivity index (χ2n) is 2.13. The molecule has 0 aliphatic rings. The Morgan fingerprint density at radius 1 is 1.10 bits per heavy atom. The third kappa shape index (κ3) is 6.01. The number of methoxy groups -OCH3 is 2. The van der Waals surface area contributed by atoms with Crippen LogP contribution in [0.5, 0.6) is 0 Å². The molecule has 3 nitrogen and oxygen atoms in total. The van der Waals surface area contributed by atoms with Crippen LogP contribution in [0, 0.1) is 0 Å². The van der Waals surface area contributed by atoms with Crippen LogP contribution in [0.15, 0.2) is 0 Å². The molecule has 0 aromatic carbocycles. The minimum absolute atomic E-state index is 0.167. The second kappa shape index (κ2) is 6.99. The van der Waals surface area contributed by atoms with Crippen molar-refractivity contribution in [2.45, 2.75) is 13.0 Å². The first kappa shape index (κ1) is 9.88. The fraction of sp³-hybridized carbons (Fsp3) is 1.00. The largest absolute Gasteiger partial charge is 0.382 e. The topological polar surface area (TPSA) is 27.7 Å². The molecule has 3 heteroatoms. The summed E-state index contributed by atoms with van der Waals surface area (Å²) in [4.78, 5) is 0. The Labute approximate surface area is 62.3 Å². The molecule has 0 heterocycles. The molecule has 0 aromatic heterocycles. The lowest BCUT2D eigenvalue weighted by atomic mass is 10.4. The molecule has 0 aliphatic heterocycles. The van der Waals surface area contributed by atoms with E-state index >= 15 is 0 Å². The van der Waals surface area contributed by atoms with Gasteiger partial charge in [-0.2, -0.15) is 0 Å². The summed E-state index contributed by atoms with van der Waals surface area (Å²) in [6, 6.07) is 0. The maximum Gasteiger partial charge on any atom is 0.0781 e. The first-order valence-electron chi connectivity index (χ1n) is 3.40. The SMILES string of the molecule is COCCO[C@@H](C)COC. The van der Waals surface area contributed by atoms with Gasteiger partial charge in [0.1, 0.15) is 0 Å². The number of rotatable bonds is 6. The van der Waals surface area contributed by atoms with Crippen LogP contribution in [0.2, 0.25) is 0 Å². The highest BCUT2D eigenvalue weighted by Gasteiger charge is 1.98.